The minimum absolute atomic E-state index is 0.156. The normalized spacial score (nSPS) is 12.8. The van der Waals surface area contributed by atoms with Gasteiger partial charge in [-0.3, -0.25) is 9.98 Å². The predicted molar refractivity (Wildman–Crippen MR) is 84.2 cm³/mol. The number of pyridine rings is 1. The molecule has 0 unspecified atom stereocenters. The number of aromatic nitrogens is 1. The monoisotopic (exact) mass is 260 g/mol. The van der Waals surface area contributed by atoms with E-state index < -0.39 is 0 Å². The molecule has 0 saturated heterocycles. The van der Waals surface area contributed by atoms with Crippen LogP contribution in [0.15, 0.2) is 71.9 Å². The predicted octanol–water partition coefficient (Wildman–Crippen LogP) is 4.41. The van der Waals surface area contributed by atoms with Crippen molar-refractivity contribution in [2.45, 2.75) is 13.0 Å². The second-order valence-electron chi connectivity index (χ2n) is 4.78. The molecule has 1 atom stereocenters. The summed E-state index contributed by atoms with van der Waals surface area (Å²) in [6.45, 7) is 2.11. The molecule has 2 heteroatoms. The van der Waals surface area contributed by atoms with Gasteiger partial charge < -0.3 is 0 Å². The van der Waals surface area contributed by atoms with E-state index in [1.165, 1.54) is 5.56 Å². The quantitative estimate of drug-likeness (QED) is 0.640. The fourth-order valence-electron chi connectivity index (χ4n) is 2.24. The molecule has 2 nitrogen and oxygen atoms in total. The summed E-state index contributed by atoms with van der Waals surface area (Å²) < 4.78 is 0. The molecule has 0 aliphatic heterocycles. The zero-order valence-electron chi connectivity index (χ0n) is 11.4. The molecule has 0 fully saturated rings. The lowest BCUT2D eigenvalue weighted by Gasteiger charge is -2.06. The SMILES string of the molecule is C[C@H](N=Cc1ccnc2ccccc12)c1ccccc1. The Bertz CT molecular complexity index is 727. The minimum atomic E-state index is 0.156. The lowest BCUT2D eigenvalue weighted by Crippen LogP contribution is -1.92. The summed E-state index contributed by atoms with van der Waals surface area (Å²) in [6.07, 6.45) is 3.78. The number of para-hydroxylation sites is 1. The maximum atomic E-state index is 4.66. The molecule has 0 aliphatic rings. The van der Waals surface area contributed by atoms with E-state index in [4.69, 9.17) is 0 Å². The molecule has 0 N–H and O–H groups in total. The van der Waals surface area contributed by atoms with Gasteiger partial charge in [0.1, 0.15) is 0 Å². The highest BCUT2D eigenvalue weighted by molar-refractivity contribution is 5.98. The average Bonchev–Trinajstić information content (AvgIpc) is 2.53. The van der Waals surface area contributed by atoms with Gasteiger partial charge in [-0.05, 0) is 24.6 Å². The van der Waals surface area contributed by atoms with Crippen LogP contribution in [-0.2, 0) is 0 Å². The van der Waals surface area contributed by atoms with E-state index in [-0.39, 0.29) is 6.04 Å². The van der Waals surface area contributed by atoms with Crippen LogP contribution < -0.4 is 0 Å². The standard InChI is InChI=1S/C18H16N2/c1-14(15-7-3-2-4-8-15)20-13-16-11-12-19-18-10-6-5-9-17(16)18/h2-14H,1H3/t14-/m0/s1. The Morgan fingerprint density at radius 2 is 1.70 bits per heavy atom. The largest absolute Gasteiger partial charge is 0.285 e. The summed E-state index contributed by atoms with van der Waals surface area (Å²) in [7, 11) is 0. The average molecular weight is 260 g/mol. The van der Waals surface area contributed by atoms with Crippen molar-refractivity contribution in [1.82, 2.24) is 4.98 Å². The van der Waals surface area contributed by atoms with E-state index in [9.17, 15) is 0 Å². The molecule has 20 heavy (non-hydrogen) atoms. The van der Waals surface area contributed by atoms with Crippen LogP contribution in [0.1, 0.15) is 24.1 Å². The third kappa shape index (κ3) is 2.59. The van der Waals surface area contributed by atoms with Crippen LogP contribution in [0.3, 0.4) is 0 Å². The summed E-state index contributed by atoms with van der Waals surface area (Å²) in [5, 5.41) is 1.14. The highest BCUT2D eigenvalue weighted by Gasteiger charge is 2.02. The van der Waals surface area contributed by atoms with Crippen molar-refractivity contribution in [3.63, 3.8) is 0 Å². The fourth-order valence-corrected chi connectivity index (χ4v) is 2.24. The van der Waals surface area contributed by atoms with Crippen molar-refractivity contribution >= 4 is 17.1 Å². The second kappa shape index (κ2) is 5.66. The summed E-state index contributed by atoms with van der Waals surface area (Å²) in [5.41, 5.74) is 3.34. The van der Waals surface area contributed by atoms with Gasteiger partial charge in [0.2, 0.25) is 0 Å². The van der Waals surface area contributed by atoms with Crippen LogP contribution in [0.4, 0.5) is 0 Å². The molecular formula is C18H16N2. The van der Waals surface area contributed by atoms with Gasteiger partial charge in [-0.25, -0.2) is 0 Å². The van der Waals surface area contributed by atoms with Gasteiger partial charge in [0.05, 0.1) is 11.6 Å². The molecule has 0 spiro atoms. The molecule has 0 radical (unpaired) electrons. The van der Waals surface area contributed by atoms with Crippen molar-refractivity contribution < 1.29 is 0 Å². The third-order valence-corrected chi connectivity index (χ3v) is 3.40. The summed E-state index contributed by atoms with van der Waals surface area (Å²) in [5.74, 6) is 0. The molecule has 98 valence electrons. The number of benzene rings is 2. The van der Waals surface area contributed by atoms with Gasteiger partial charge in [-0.1, -0.05) is 48.5 Å². The van der Waals surface area contributed by atoms with E-state index in [0.717, 1.165) is 16.5 Å². The molecular weight excluding hydrogens is 244 g/mol. The van der Waals surface area contributed by atoms with Crippen molar-refractivity contribution in [3.05, 3.63) is 78.0 Å². The maximum Gasteiger partial charge on any atom is 0.0721 e. The first kappa shape index (κ1) is 12.5. The molecule has 1 heterocycles. The Morgan fingerprint density at radius 1 is 0.950 bits per heavy atom. The first-order chi connectivity index (χ1) is 9.84. The molecule has 0 amide bonds. The molecule has 3 aromatic rings. The summed E-state index contributed by atoms with van der Waals surface area (Å²) in [4.78, 5) is 9.03. The second-order valence-corrected chi connectivity index (χ2v) is 4.78. The van der Waals surface area contributed by atoms with Crippen molar-refractivity contribution in [2.24, 2.45) is 4.99 Å². The molecule has 0 aliphatic carbocycles. The van der Waals surface area contributed by atoms with Gasteiger partial charge in [-0.15, -0.1) is 0 Å². The molecule has 0 bridgehead atoms. The highest BCUT2D eigenvalue weighted by Crippen LogP contribution is 2.18. The molecule has 2 aromatic carbocycles. The van der Waals surface area contributed by atoms with Crippen LogP contribution in [0.25, 0.3) is 10.9 Å². The van der Waals surface area contributed by atoms with Crippen LogP contribution in [0.5, 0.6) is 0 Å². The van der Waals surface area contributed by atoms with Crippen molar-refractivity contribution in [2.75, 3.05) is 0 Å². The Kier molecular flexibility index (Phi) is 3.55. The summed E-state index contributed by atoms with van der Waals surface area (Å²) >= 11 is 0. The third-order valence-electron chi connectivity index (χ3n) is 3.40. The minimum Gasteiger partial charge on any atom is -0.285 e. The van der Waals surface area contributed by atoms with Gasteiger partial charge in [-0.2, -0.15) is 0 Å². The zero-order chi connectivity index (χ0) is 13.8. The van der Waals surface area contributed by atoms with Crippen LogP contribution in [0.2, 0.25) is 0 Å². The smallest absolute Gasteiger partial charge is 0.0721 e. The zero-order valence-corrected chi connectivity index (χ0v) is 11.4. The Labute approximate surface area is 118 Å². The van der Waals surface area contributed by atoms with Gasteiger partial charge in [0.15, 0.2) is 0 Å². The van der Waals surface area contributed by atoms with Crippen LogP contribution in [-0.4, -0.2) is 11.2 Å². The number of nitrogens with zero attached hydrogens (tertiary/aromatic N) is 2. The number of aliphatic imine (C=N–C) groups is 1. The van der Waals surface area contributed by atoms with E-state index in [1.54, 1.807) is 0 Å². The Hall–Kier alpha value is -2.48. The number of fused-ring (bicyclic) bond motifs is 1. The number of hydrogen-bond donors (Lipinski definition) is 0. The number of rotatable bonds is 3. The van der Waals surface area contributed by atoms with Crippen molar-refractivity contribution in [1.29, 1.82) is 0 Å². The first-order valence-electron chi connectivity index (χ1n) is 6.76. The lowest BCUT2D eigenvalue weighted by atomic mass is 10.1. The Morgan fingerprint density at radius 3 is 2.55 bits per heavy atom. The van der Waals surface area contributed by atoms with Gasteiger partial charge in [0.25, 0.3) is 0 Å². The molecule has 3 rings (SSSR count). The molecule has 1 aromatic heterocycles. The fraction of sp³-hybridized carbons (Fsp3) is 0.111. The van der Waals surface area contributed by atoms with Crippen LogP contribution in [0, 0.1) is 0 Å². The van der Waals surface area contributed by atoms with Crippen molar-refractivity contribution in [3.8, 4) is 0 Å². The van der Waals surface area contributed by atoms with Gasteiger partial charge in [0, 0.05) is 23.4 Å². The molecule has 0 saturated carbocycles. The van der Waals surface area contributed by atoms with E-state index in [1.807, 2.05) is 54.9 Å². The van der Waals surface area contributed by atoms with Crippen LogP contribution >= 0.6 is 0 Å². The van der Waals surface area contributed by atoms with Gasteiger partial charge >= 0.3 is 0 Å². The van der Waals surface area contributed by atoms with E-state index in [0.29, 0.717) is 0 Å². The topological polar surface area (TPSA) is 25.2 Å². The van der Waals surface area contributed by atoms with E-state index in [2.05, 4.69) is 35.1 Å². The first-order valence-corrected chi connectivity index (χ1v) is 6.76. The lowest BCUT2D eigenvalue weighted by molar-refractivity contribution is 0.825. The summed E-state index contributed by atoms with van der Waals surface area (Å²) in [6, 6.07) is 20.6. The number of hydrogen-bond acceptors (Lipinski definition) is 2. The maximum absolute atomic E-state index is 4.66. The highest BCUT2D eigenvalue weighted by atomic mass is 14.8. The van der Waals surface area contributed by atoms with E-state index >= 15 is 0 Å². The Balaban J connectivity index is 1.91.